The fourth-order valence-corrected chi connectivity index (χ4v) is 4.43. The van der Waals surface area contributed by atoms with E-state index in [0.29, 0.717) is 45.3 Å². The smallest absolute Gasteiger partial charge is 0.119 e. The molecule has 0 saturated heterocycles. The first kappa shape index (κ1) is 27.5. The van der Waals surface area contributed by atoms with Crippen LogP contribution in [-0.4, -0.2) is 37.4 Å². The third-order valence-corrected chi connectivity index (χ3v) is 6.22. The maximum absolute atomic E-state index is 10.2. The fourth-order valence-electron chi connectivity index (χ4n) is 4.24. The fraction of sp³-hybridized carbons (Fsp3) is 0.212. The summed E-state index contributed by atoms with van der Waals surface area (Å²) in [5, 5.41) is 10.2. The molecule has 4 nitrogen and oxygen atoms in total. The monoisotopic (exact) mass is 528 g/mol. The van der Waals surface area contributed by atoms with Crippen molar-refractivity contribution in [3.63, 3.8) is 0 Å². The number of phenolic OH excluding ortho intramolecular Hbond substituents is 1. The summed E-state index contributed by atoms with van der Waals surface area (Å²) in [6.07, 6.45) is 0.696. The van der Waals surface area contributed by atoms with Gasteiger partial charge in [0.25, 0.3) is 0 Å². The van der Waals surface area contributed by atoms with E-state index in [4.69, 9.17) is 25.8 Å². The minimum Gasteiger partial charge on any atom is -0.508 e. The lowest BCUT2D eigenvalue weighted by atomic mass is 9.88. The Kier molecular flexibility index (Phi) is 10.8. The van der Waals surface area contributed by atoms with Crippen LogP contribution in [0.3, 0.4) is 0 Å². The van der Waals surface area contributed by atoms with E-state index in [1.54, 1.807) is 12.1 Å². The summed E-state index contributed by atoms with van der Waals surface area (Å²) in [5.74, 6) is 1.49. The van der Waals surface area contributed by atoms with Gasteiger partial charge in [-0.2, -0.15) is 0 Å². The molecule has 0 saturated carbocycles. The lowest BCUT2D eigenvalue weighted by Crippen LogP contribution is -2.10. The number of ether oxygens (including phenoxy) is 3. The molecule has 0 aliphatic rings. The Bertz CT molecular complexity index is 1270. The minimum atomic E-state index is 0.226. The quantitative estimate of drug-likeness (QED) is 0.104. The van der Waals surface area contributed by atoms with Gasteiger partial charge in [0.1, 0.15) is 18.1 Å². The second-order valence-electron chi connectivity index (χ2n) is 8.73. The highest BCUT2D eigenvalue weighted by Crippen LogP contribution is 2.36. The number of allylic oxidation sites excluding steroid dienone is 1. The normalized spacial score (nSPS) is 11.7. The van der Waals surface area contributed by atoms with E-state index >= 15 is 0 Å². The summed E-state index contributed by atoms with van der Waals surface area (Å²) < 4.78 is 17.2. The van der Waals surface area contributed by atoms with Crippen LogP contribution in [0.4, 0.5) is 0 Å². The van der Waals surface area contributed by atoms with Crippen LogP contribution in [0.5, 0.6) is 11.5 Å². The first-order valence-electron chi connectivity index (χ1n) is 12.8. The van der Waals surface area contributed by atoms with Gasteiger partial charge in [-0.15, -0.1) is 11.6 Å². The van der Waals surface area contributed by atoms with Crippen LogP contribution in [0.2, 0.25) is 0 Å². The van der Waals surface area contributed by atoms with Crippen LogP contribution in [-0.2, 0) is 16.1 Å². The van der Waals surface area contributed by atoms with Crippen molar-refractivity contribution in [1.82, 2.24) is 0 Å². The van der Waals surface area contributed by atoms with E-state index < -0.39 is 0 Å². The molecule has 0 unspecified atom stereocenters. The second-order valence-corrected chi connectivity index (χ2v) is 9.11. The average molecular weight is 529 g/mol. The topological polar surface area (TPSA) is 47.9 Å². The molecule has 4 aromatic rings. The Morgan fingerprint density at radius 2 is 1.29 bits per heavy atom. The van der Waals surface area contributed by atoms with Crippen molar-refractivity contribution in [3.8, 4) is 11.5 Å². The first-order chi connectivity index (χ1) is 18.7. The maximum Gasteiger partial charge on any atom is 0.119 e. The van der Waals surface area contributed by atoms with Gasteiger partial charge in [-0.05, 0) is 64.1 Å². The molecule has 0 heterocycles. The Morgan fingerprint density at radius 3 is 2.00 bits per heavy atom. The molecule has 1 N–H and O–H groups in total. The molecule has 196 valence electrons. The standard InChI is InChI=1S/C33H33ClO4/c34-19-18-32(27-10-5-2-6-11-27)33(29-12-7-13-30(35)24-29)28-14-16-31(17-15-28)38-23-22-36-20-21-37-25-26-8-3-1-4-9-26/h1-17,24,35H,18-23,25H2/b33-32+. The van der Waals surface area contributed by atoms with E-state index in [9.17, 15) is 5.11 Å². The molecule has 38 heavy (non-hydrogen) atoms. The minimum absolute atomic E-state index is 0.226. The lowest BCUT2D eigenvalue weighted by molar-refractivity contribution is 0.0303. The number of hydrogen-bond acceptors (Lipinski definition) is 4. The number of hydrogen-bond donors (Lipinski definition) is 1. The van der Waals surface area contributed by atoms with Crippen molar-refractivity contribution >= 4 is 22.7 Å². The molecule has 0 atom stereocenters. The van der Waals surface area contributed by atoms with Crippen molar-refractivity contribution in [2.24, 2.45) is 0 Å². The number of halogens is 1. The molecule has 0 aromatic heterocycles. The molecule has 0 spiro atoms. The molecular formula is C33H33ClO4. The lowest BCUT2D eigenvalue weighted by Gasteiger charge is -2.17. The molecule has 5 heteroatoms. The highest BCUT2D eigenvalue weighted by molar-refractivity contribution is 6.18. The highest BCUT2D eigenvalue weighted by atomic mass is 35.5. The zero-order valence-corrected chi connectivity index (χ0v) is 22.1. The number of aromatic hydroxyl groups is 1. The Hall–Kier alpha value is -3.57. The van der Waals surface area contributed by atoms with Gasteiger partial charge in [0.05, 0.1) is 26.4 Å². The Morgan fingerprint density at radius 1 is 0.632 bits per heavy atom. The molecular weight excluding hydrogens is 496 g/mol. The van der Waals surface area contributed by atoms with E-state index in [0.717, 1.165) is 39.1 Å². The first-order valence-corrected chi connectivity index (χ1v) is 13.3. The largest absolute Gasteiger partial charge is 0.508 e. The van der Waals surface area contributed by atoms with Crippen LogP contribution in [0.1, 0.15) is 28.7 Å². The van der Waals surface area contributed by atoms with Crippen molar-refractivity contribution < 1.29 is 19.3 Å². The Balaban J connectivity index is 1.37. The van der Waals surface area contributed by atoms with Gasteiger partial charge in [0.2, 0.25) is 0 Å². The Labute approximate surface area is 230 Å². The summed E-state index contributed by atoms with van der Waals surface area (Å²) >= 11 is 6.24. The SMILES string of the molecule is Oc1cccc(/C(=C(\CCCl)c2ccccc2)c2ccc(OCCOCCOCc3ccccc3)cc2)c1. The van der Waals surface area contributed by atoms with Crippen LogP contribution < -0.4 is 4.74 Å². The highest BCUT2D eigenvalue weighted by Gasteiger charge is 2.15. The van der Waals surface area contributed by atoms with Crippen LogP contribution in [0, 0.1) is 0 Å². The molecule has 0 amide bonds. The van der Waals surface area contributed by atoms with E-state index in [-0.39, 0.29) is 5.75 Å². The number of rotatable bonds is 14. The zero-order valence-electron chi connectivity index (χ0n) is 21.4. The van der Waals surface area contributed by atoms with Crippen molar-refractivity contribution in [3.05, 3.63) is 131 Å². The van der Waals surface area contributed by atoms with E-state index in [2.05, 4.69) is 12.1 Å². The van der Waals surface area contributed by atoms with Gasteiger partial charge in [0.15, 0.2) is 0 Å². The third-order valence-electron chi connectivity index (χ3n) is 6.03. The van der Waals surface area contributed by atoms with Crippen molar-refractivity contribution in [2.45, 2.75) is 13.0 Å². The maximum atomic E-state index is 10.2. The van der Waals surface area contributed by atoms with Gasteiger partial charge in [0, 0.05) is 5.88 Å². The van der Waals surface area contributed by atoms with Crippen molar-refractivity contribution in [2.75, 3.05) is 32.3 Å². The molecule has 0 fully saturated rings. The molecule has 4 aromatic carbocycles. The van der Waals surface area contributed by atoms with Gasteiger partial charge in [-0.3, -0.25) is 0 Å². The summed E-state index contributed by atoms with van der Waals surface area (Å²) in [5.41, 5.74) is 6.39. The van der Waals surface area contributed by atoms with Crippen LogP contribution in [0.25, 0.3) is 11.1 Å². The van der Waals surface area contributed by atoms with Gasteiger partial charge in [-0.1, -0.05) is 84.9 Å². The zero-order chi connectivity index (χ0) is 26.4. The van der Waals surface area contributed by atoms with Gasteiger partial charge in [-0.25, -0.2) is 0 Å². The molecule has 0 aliphatic carbocycles. The van der Waals surface area contributed by atoms with Gasteiger partial charge < -0.3 is 19.3 Å². The average Bonchev–Trinajstić information content (AvgIpc) is 2.96. The van der Waals surface area contributed by atoms with Crippen LogP contribution >= 0.6 is 11.6 Å². The number of alkyl halides is 1. The summed E-state index contributed by atoms with van der Waals surface area (Å²) in [7, 11) is 0. The molecule has 0 radical (unpaired) electrons. The van der Waals surface area contributed by atoms with Crippen LogP contribution in [0.15, 0.2) is 109 Å². The molecule has 4 rings (SSSR count). The third kappa shape index (κ3) is 8.22. The second kappa shape index (κ2) is 15.0. The van der Waals surface area contributed by atoms with Crippen molar-refractivity contribution in [1.29, 1.82) is 0 Å². The number of benzene rings is 4. The summed E-state index contributed by atoms with van der Waals surface area (Å²) in [6.45, 7) is 2.59. The predicted octanol–water partition coefficient (Wildman–Crippen LogP) is 7.59. The van der Waals surface area contributed by atoms with Gasteiger partial charge >= 0.3 is 0 Å². The summed E-state index contributed by atoms with van der Waals surface area (Å²) in [4.78, 5) is 0. The van der Waals surface area contributed by atoms with E-state index in [1.807, 2.05) is 84.9 Å². The summed E-state index contributed by atoms with van der Waals surface area (Å²) in [6, 6.07) is 35.7. The number of phenols is 1. The molecule has 0 aliphatic heterocycles. The molecule has 0 bridgehead atoms. The predicted molar refractivity (Wildman–Crippen MR) is 155 cm³/mol. The van der Waals surface area contributed by atoms with E-state index in [1.165, 1.54) is 0 Å².